The number of anilines is 1. The van der Waals surface area contributed by atoms with Crippen molar-refractivity contribution in [2.45, 2.75) is 12.8 Å². The first-order chi connectivity index (χ1) is 10.5. The van der Waals surface area contributed by atoms with Gasteiger partial charge in [0.05, 0.1) is 26.2 Å². The molecule has 1 aromatic heterocycles. The maximum absolute atomic E-state index is 12.1. The van der Waals surface area contributed by atoms with Gasteiger partial charge in [-0.1, -0.05) is 17.7 Å². The van der Waals surface area contributed by atoms with E-state index in [2.05, 4.69) is 5.10 Å². The third kappa shape index (κ3) is 2.88. The molecule has 7 heteroatoms. The van der Waals surface area contributed by atoms with E-state index in [9.17, 15) is 9.59 Å². The van der Waals surface area contributed by atoms with E-state index in [0.717, 1.165) is 10.6 Å². The van der Waals surface area contributed by atoms with Crippen molar-refractivity contribution in [1.29, 1.82) is 0 Å². The minimum Gasteiger partial charge on any atom is -0.478 e. The van der Waals surface area contributed by atoms with Gasteiger partial charge in [0, 0.05) is 12.8 Å². The van der Waals surface area contributed by atoms with Crippen LogP contribution < -0.4 is 5.01 Å². The van der Waals surface area contributed by atoms with E-state index in [1.165, 1.54) is 28.5 Å². The van der Waals surface area contributed by atoms with E-state index >= 15 is 0 Å². The molecule has 22 heavy (non-hydrogen) atoms. The zero-order valence-electron chi connectivity index (χ0n) is 11.3. The van der Waals surface area contributed by atoms with E-state index in [-0.39, 0.29) is 11.5 Å². The number of carboxylic acid groups (broad SMARTS) is 1. The average molecular weight is 335 g/mol. The minimum atomic E-state index is -1.04. The number of amides is 1. The van der Waals surface area contributed by atoms with E-state index in [4.69, 9.17) is 16.7 Å². The topological polar surface area (TPSA) is 70.0 Å². The first-order valence-corrected chi connectivity index (χ1v) is 7.73. The predicted molar refractivity (Wildman–Crippen MR) is 86.0 cm³/mol. The van der Waals surface area contributed by atoms with Crippen LogP contribution >= 0.6 is 22.9 Å². The molecule has 1 N–H and O–H groups in total. The van der Waals surface area contributed by atoms with Crippen molar-refractivity contribution in [3.05, 3.63) is 51.2 Å². The fourth-order valence-electron chi connectivity index (χ4n) is 2.17. The van der Waals surface area contributed by atoms with Gasteiger partial charge in [-0.2, -0.15) is 5.10 Å². The molecule has 0 saturated heterocycles. The normalized spacial score (nSPS) is 14.9. The fourth-order valence-corrected chi connectivity index (χ4v) is 3.23. The first-order valence-electron chi connectivity index (χ1n) is 6.54. The lowest BCUT2D eigenvalue weighted by Crippen LogP contribution is -2.31. The van der Waals surface area contributed by atoms with E-state index < -0.39 is 5.97 Å². The minimum absolute atomic E-state index is 0.117. The first kappa shape index (κ1) is 14.7. The van der Waals surface area contributed by atoms with Gasteiger partial charge in [0.1, 0.15) is 0 Å². The van der Waals surface area contributed by atoms with Gasteiger partial charge in [-0.15, -0.1) is 11.3 Å². The Morgan fingerprint density at radius 2 is 2.09 bits per heavy atom. The second-order valence-electron chi connectivity index (χ2n) is 4.71. The van der Waals surface area contributed by atoms with Crippen LogP contribution in [0.5, 0.6) is 0 Å². The summed E-state index contributed by atoms with van der Waals surface area (Å²) >= 11 is 7.34. The van der Waals surface area contributed by atoms with Crippen LogP contribution in [0.2, 0.25) is 4.34 Å². The van der Waals surface area contributed by atoms with Crippen molar-refractivity contribution in [3.8, 4) is 0 Å². The molecule has 1 amide bonds. The molecule has 5 nitrogen and oxygen atoms in total. The van der Waals surface area contributed by atoms with Crippen molar-refractivity contribution in [2.75, 3.05) is 5.01 Å². The van der Waals surface area contributed by atoms with Gasteiger partial charge in [-0.25, -0.2) is 9.80 Å². The Balaban J connectivity index is 1.99. The molecule has 1 aromatic carbocycles. The summed E-state index contributed by atoms with van der Waals surface area (Å²) in [6, 6.07) is 9.83. The smallest absolute Gasteiger partial charge is 0.335 e. The number of hydrogen-bond donors (Lipinski definition) is 1. The number of carbonyl (C=O) groups is 2. The molecule has 0 spiro atoms. The van der Waals surface area contributed by atoms with Gasteiger partial charge in [-0.05, 0) is 30.3 Å². The lowest BCUT2D eigenvalue weighted by atomic mass is 10.1. The van der Waals surface area contributed by atoms with Crippen LogP contribution in [0.1, 0.15) is 28.1 Å². The molecule has 3 rings (SSSR count). The quantitative estimate of drug-likeness (QED) is 0.931. The number of aromatic carboxylic acids is 1. The highest BCUT2D eigenvalue weighted by Gasteiger charge is 2.24. The monoisotopic (exact) mass is 334 g/mol. The van der Waals surface area contributed by atoms with Crippen LogP contribution in [0, 0.1) is 0 Å². The summed E-state index contributed by atoms with van der Waals surface area (Å²) < 4.78 is 0.661. The molecule has 2 aromatic rings. The summed E-state index contributed by atoms with van der Waals surface area (Å²) in [6.07, 6.45) is 0.871. The largest absolute Gasteiger partial charge is 0.478 e. The number of hydrazone groups is 1. The third-order valence-corrected chi connectivity index (χ3v) is 4.51. The molecule has 0 saturated carbocycles. The van der Waals surface area contributed by atoms with Gasteiger partial charge in [0.2, 0.25) is 5.91 Å². The van der Waals surface area contributed by atoms with Crippen molar-refractivity contribution in [3.63, 3.8) is 0 Å². The summed E-state index contributed by atoms with van der Waals surface area (Å²) in [7, 11) is 0. The van der Waals surface area contributed by atoms with Gasteiger partial charge in [-0.3, -0.25) is 4.79 Å². The molecule has 0 aliphatic carbocycles. The second-order valence-corrected chi connectivity index (χ2v) is 6.43. The standard InChI is InChI=1S/C15H11ClN2O3S/c16-13-6-5-12(22-13)11-4-7-14(19)18(17-11)10-3-1-2-9(8-10)15(20)21/h1-3,5-6,8H,4,7H2,(H,20,21). The van der Waals surface area contributed by atoms with E-state index in [0.29, 0.717) is 22.9 Å². The van der Waals surface area contributed by atoms with Crippen LogP contribution in [0.15, 0.2) is 41.5 Å². The molecule has 0 atom stereocenters. The lowest BCUT2D eigenvalue weighted by Gasteiger charge is -2.23. The number of hydrogen-bond acceptors (Lipinski definition) is 4. The van der Waals surface area contributed by atoms with Crippen LogP contribution in [0.4, 0.5) is 5.69 Å². The summed E-state index contributed by atoms with van der Waals surface area (Å²) in [5, 5.41) is 14.7. The highest BCUT2D eigenvalue weighted by Crippen LogP contribution is 2.28. The number of thiophene rings is 1. The van der Waals surface area contributed by atoms with E-state index in [1.807, 2.05) is 6.07 Å². The molecule has 1 aliphatic heterocycles. The molecule has 0 bridgehead atoms. The Morgan fingerprint density at radius 3 is 2.77 bits per heavy atom. The Morgan fingerprint density at radius 1 is 1.27 bits per heavy atom. The molecular formula is C15H11ClN2O3S. The number of carboxylic acids is 1. The zero-order valence-corrected chi connectivity index (χ0v) is 12.9. The summed E-state index contributed by atoms with van der Waals surface area (Å²) in [6.45, 7) is 0. The number of nitrogens with zero attached hydrogens (tertiary/aromatic N) is 2. The Hall–Kier alpha value is -2.18. The molecule has 112 valence electrons. The molecule has 0 radical (unpaired) electrons. The van der Waals surface area contributed by atoms with Crippen molar-refractivity contribution < 1.29 is 14.7 Å². The molecular weight excluding hydrogens is 324 g/mol. The Kier molecular flexibility index (Phi) is 3.96. The van der Waals surface area contributed by atoms with Gasteiger partial charge < -0.3 is 5.11 Å². The molecule has 1 aliphatic rings. The Labute approximate surface area is 135 Å². The third-order valence-electron chi connectivity index (χ3n) is 3.23. The average Bonchev–Trinajstić information content (AvgIpc) is 2.94. The van der Waals surface area contributed by atoms with Crippen LogP contribution in [-0.4, -0.2) is 22.7 Å². The van der Waals surface area contributed by atoms with Crippen LogP contribution in [-0.2, 0) is 4.79 Å². The van der Waals surface area contributed by atoms with Crippen molar-refractivity contribution in [1.82, 2.24) is 0 Å². The fraction of sp³-hybridized carbons (Fsp3) is 0.133. The molecule has 0 unspecified atom stereocenters. The number of benzene rings is 1. The summed E-state index contributed by atoms with van der Waals surface area (Å²) in [5.41, 5.74) is 1.34. The van der Waals surface area contributed by atoms with Gasteiger partial charge in [0.15, 0.2) is 0 Å². The van der Waals surface area contributed by atoms with Crippen molar-refractivity contribution >= 4 is 46.2 Å². The lowest BCUT2D eigenvalue weighted by molar-refractivity contribution is -0.118. The summed E-state index contributed by atoms with van der Waals surface area (Å²) in [4.78, 5) is 24.1. The molecule has 2 heterocycles. The predicted octanol–water partition coefficient (Wildman–Crippen LogP) is 3.63. The number of carbonyl (C=O) groups excluding carboxylic acids is 1. The number of halogens is 1. The highest BCUT2D eigenvalue weighted by atomic mass is 35.5. The summed E-state index contributed by atoms with van der Waals surface area (Å²) in [5.74, 6) is -1.20. The molecule has 0 fully saturated rings. The maximum atomic E-state index is 12.1. The van der Waals surface area contributed by atoms with Crippen LogP contribution in [0.3, 0.4) is 0 Å². The van der Waals surface area contributed by atoms with Gasteiger partial charge in [0.25, 0.3) is 0 Å². The Bertz CT molecular complexity index is 785. The van der Waals surface area contributed by atoms with Gasteiger partial charge >= 0.3 is 5.97 Å². The van der Waals surface area contributed by atoms with Crippen molar-refractivity contribution in [2.24, 2.45) is 5.10 Å². The maximum Gasteiger partial charge on any atom is 0.335 e. The second kappa shape index (κ2) is 5.90. The van der Waals surface area contributed by atoms with Crippen LogP contribution in [0.25, 0.3) is 0 Å². The zero-order chi connectivity index (χ0) is 15.7. The van der Waals surface area contributed by atoms with E-state index in [1.54, 1.807) is 18.2 Å². The SMILES string of the molecule is O=C(O)c1cccc(N2N=C(c3ccc(Cl)s3)CCC2=O)c1. The highest BCUT2D eigenvalue weighted by molar-refractivity contribution is 7.18. The number of rotatable bonds is 3.